The molecule has 4 aromatic rings. The molecule has 0 saturated carbocycles. The Bertz CT molecular complexity index is 1310. The van der Waals surface area contributed by atoms with Crippen LogP contribution in [0.25, 0.3) is 11.4 Å². The molecule has 34 heavy (non-hydrogen) atoms. The van der Waals surface area contributed by atoms with E-state index >= 15 is 0 Å². The molecular formula is C25H25BrN4O3S. The van der Waals surface area contributed by atoms with E-state index in [0.717, 1.165) is 21.2 Å². The van der Waals surface area contributed by atoms with Crippen molar-refractivity contribution in [3.05, 3.63) is 87.1 Å². The first kappa shape index (κ1) is 23.8. The Morgan fingerprint density at radius 1 is 1.00 bits per heavy atom. The van der Waals surface area contributed by atoms with Crippen molar-refractivity contribution in [1.29, 1.82) is 0 Å². The van der Waals surface area contributed by atoms with Gasteiger partial charge in [-0.2, -0.15) is 5.10 Å². The molecule has 0 aliphatic heterocycles. The van der Waals surface area contributed by atoms with Crippen molar-refractivity contribution in [3.8, 4) is 28.6 Å². The average molecular weight is 541 g/mol. The van der Waals surface area contributed by atoms with Crippen molar-refractivity contribution in [2.24, 2.45) is 0 Å². The molecule has 4 rings (SSSR count). The number of ether oxygens (including phenoxy) is 3. The van der Waals surface area contributed by atoms with Crippen molar-refractivity contribution in [3.63, 3.8) is 0 Å². The Morgan fingerprint density at radius 2 is 1.76 bits per heavy atom. The van der Waals surface area contributed by atoms with Gasteiger partial charge < -0.3 is 19.6 Å². The number of benzene rings is 3. The Labute approximate surface area is 211 Å². The second-order valence-electron chi connectivity index (χ2n) is 7.34. The van der Waals surface area contributed by atoms with Crippen molar-refractivity contribution in [2.45, 2.75) is 20.1 Å². The largest absolute Gasteiger partial charge is 0.496 e. The summed E-state index contributed by atoms with van der Waals surface area (Å²) < 4.78 is 20.5. The van der Waals surface area contributed by atoms with Crippen molar-refractivity contribution in [2.75, 3.05) is 19.1 Å². The molecule has 0 amide bonds. The van der Waals surface area contributed by atoms with Gasteiger partial charge in [-0.25, -0.2) is 9.77 Å². The highest BCUT2D eigenvalue weighted by Gasteiger charge is 2.15. The number of halogens is 1. The minimum absolute atomic E-state index is 0.448. The van der Waals surface area contributed by atoms with Crippen LogP contribution >= 0.6 is 28.1 Å². The van der Waals surface area contributed by atoms with Crippen LogP contribution in [0.5, 0.6) is 17.2 Å². The zero-order valence-electron chi connectivity index (χ0n) is 18.9. The molecule has 0 atom stereocenters. The predicted molar refractivity (Wildman–Crippen MR) is 139 cm³/mol. The minimum Gasteiger partial charge on any atom is -0.496 e. The second kappa shape index (κ2) is 11.2. The molecule has 0 unspecified atom stereocenters. The monoisotopic (exact) mass is 540 g/mol. The fraction of sp³-hybridized carbons (Fsp3) is 0.200. The molecule has 1 aromatic heterocycles. The van der Waals surface area contributed by atoms with E-state index in [9.17, 15) is 0 Å². The quantitative estimate of drug-likeness (QED) is 0.237. The summed E-state index contributed by atoms with van der Waals surface area (Å²) in [6, 6.07) is 21.7. The smallest absolute Gasteiger partial charge is 0.214 e. The van der Waals surface area contributed by atoms with Crippen molar-refractivity contribution >= 4 is 28.1 Å². The van der Waals surface area contributed by atoms with Gasteiger partial charge in [0.1, 0.15) is 12.4 Å². The Morgan fingerprint density at radius 3 is 2.53 bits per heavy atom. The Kier molecular flexibility index (Phi) is 7.87. The summed E-state index contributed by atoms with van der Waals surface area (Å²) in [5, 5.41) is 7.24. The van der Waals surface area contributed by atoms with Crippen LogP contribution in [0.2, 0.25) is 0 Å². The standard InChI is InChI=1S/C25H25BrN4O3S/c1-3-32-22-14-18(13-20(26)23(22)33-16-17-9-5-4-6-10-17)15-27-30-24(28-29-25(30)34)19-11-7-8-12-21(19)31-2/h4-14,27H,3,15-16H2,1-2H3,(H,29,34). The maximum atomic E-state index is 6.09. The first-order valence-electron chi connectivity index (χ1n) is 10.8. The Hall–Kier alpha value is -3.30. The minimum atomic E-state index is 0.448. The van der Waals surface area contributed by atoms with Crippen molar-refractivity contribution < 1.29 is 14.2 Å². The van der Waals surface area contributed by atoms with E-state index < -0.39 is 0 Å². The third-order valence-electron chi connectivity index (χ3n) is 5.06. The SMILES string of the molecule is CCOc1cc(CNn2c(-c3ccccc3OC)n[nH]c2=S)cc(Br)c1OCc1ccccc1. The lowest BCUT2D eigenvalue weighted by molar-refractivity contribution is 0.267. The molecule has 3 aromatic carbocycles. The summed E-state index contributed by atoms with van der Waals surface area (Å²) in [5.41, 5.74) is 6.24. The summed E-state index contributed by atoms with van der Waals surface area (Å²) >= 11 is 9.10. The van der Waals surface area contributed by atoms with Crippen LogP contribution in [0.4, 0.5) is 0 Å². The molecule has 9 heteroatoms. The molecule has 0 bridgehead atoms. The average Bonchev–Trinajstić information content (AvgIpc) is 3.23. The summed E-state index contributed by atoms with van der Waals surface area (Å²) in [5.74, 6) is 2.68. The number of aromatic amines is 1. The van der Waals surface area contributed by atoms with E-state index in [2.05, 4.69) is 31.6 Å². The second-order valence-corrected chi connectivity index (χ2v) is 8.58. The van der Waals surface area contributed by atoms with Gasteiger partial charge in [0, 0.05) is 0 Å². The van der Waals surface area contributed by atoms with Crippen LogP contribution in [0.15, 0.2) is 71.2 Å². The molecule has 176 valence electrons. The van der Waals surface area contributed by atoms with Gasteiger partial charge in [-0.3, -0.25) is 0 Å². The predicted octanol–water partition coefficient (Wildman–Crippen LogP) is 6.10. The molecule has 1 heterocycles. The maximum absolute atomic E-state index is 6.09. The fourth-order valence-electron chi connectivity index (χ4n) is 3.48. The zero-order valence-corrected chi connectivity index (χ0v) is 21.3. The molecule has 0 aliphatic rings. The molecule has 0 saturated heterocycles. The van der Waals surface area contributed by atoms with Gasteiger partial charge in [-0.1, -0.05) is 42.5 Å². The summed E-state index contributed by atoms with van der Waals surface area (Å²) in [6.45, 7) is 3.40. The Balaban J connectivity index is 1.56. The highest BCUT2D eigenvalue weighted by Crippen LogP contribution is 2.37. The van der Waals surface area contributed by atoms with E-state index in [1.54, 1.807) is 11.8 Å². The van der Waals surface area contributed by atoms with Gasteiger partial charge in [0.25, 0.3) is 0 Å². The van der Waals surface area contributed by atoms with Gasteiger partial charge in [0.15, 0.2) is 17.3 Å². The van der Waals surface area contributed by atoms with E-state index in [0.29, 0.717) is 47.6 Å². The number of H-pyrrole nitrogens is 1. The summed E-state index contributed by atoms with van der Waals surface area (Å²) in [4.78, 5) is 0. The maximum Gasteiger partial charge on any atom is 0.214 e. The van der Waals surface area contributed by atoms with Gasteiger partial charge >= 0.3 is 0 Å². The van der Waals surface area contributed by atoms with Gasteiger partial charge in [-0.15, -0.1) is 0 Å². The number of hydrogen-bond acceptors (Lipinski definition) is 6. The highest BCUT2D eigenvalue weighted by molar-refractivity contribution is 9.10. The first-order chi connectivity index (χ1) is 16.6. The van der Waals surface area contributed by atoms with Crippen LogP contribution < -0.4 is 19.6 Å². The normalized spacial score (nSPS) is 10.7. The number of nitrogens with one attached hydrogen (secondary N) is 2. The van der Waals surface area contributed by atoms with E-state index in [4.69, 9.17) is 26.4 Å². The van der Waals surface area contributed by atoms with Crippen LogP contribution in [0.3, 0.4) is 0 Å². The molecule has 7 nitrogen and oxygen atoms in total. The number of rotatable bonds is 10. The van der Waals surface area contributed by atoms with Gasteiger partial charge in [-0.05, 0) is 70.5 Å². The van der Waals surface area contributed by atoms with Crippen LogP contribution in [-0.2, 0) is 13.2 Å². The van der Waals surface area contributed by atoms with E-state index in [1.165, 1.54) is 0 Å². The molecule has 0 radical (unpaired) electrons. The zero-order chi connectivity index (χ0) is 23.9. The molecular weight excluding hydrogens is 516 g/mol. The number of nitrogens with zero attached hydrogens (tertiary/aromatic N) is 2. The van der Waals surface area contributed by atoms with E-state index in [1.807, 2.05) is 73.7 Å². The number of hydrogen-bond donors (Lipinski definition) is 2. The highest BCUT2D eigenvalue weighted by atomic mass is 79.9. The third-order valence-corrected chi connectivity index (χ3v) is 5.92. The lowest BCUT2D eigenvalue weighted by Crippen LogP contribution is -2.16. The first-order valence-corrected chi connectivity index (χ1v) is 12.0. The summed E-state index contributed by atoms with van der Waals surface area (Å²) in [7, 11) is 1.63. The molecule has 0 fully saturated rings. The van der Waals surface area contributed by atoms with Crippen LogP contribution in [-0.4, -0.2) is 28.6 Å². The summed E-state index contributed by atoms with van der Waals surface area (Å²) in [6.07, 6.45) is 0. The van der Waals surface area contributed by atoms with Crippen molar-refractivity contribution in [1.82, 2.24) is 14.9 Å². The van der Waals surface area contributed by atoms with Crippen LogP contribution in [0, 0.1) is 4.77 Å². The third kappa shape index (κ3) is 5.43. The van der Waals surface area contributed by atoms with Gasteiger partial charge in [0.05, 0.1) is 30.3 Å². The number of methoxy groups -OCH3 is 1. The van der Waals surface area contributed by atoms with Crippen LogP contribution in [0.1, 0.15) is 18.1 Å². The molecule has 0 spiro atoms. The fourth-order valence-corrected chi connectivity index (χ4v) is 4.28. The van der Waals surface area contributed by atoms with E-state index in [-0.39, 0.29) is 0 Å². The number of aromatic nitrogens is 3. The molecule has 2 N–H and O–H groups in total. The lowest BCUT2D eigenvalue weighted by atomic mass is 10.2. The molecule has 0 aliphatic carbocycles. The van der Waals surface area contributed by atoms with Gasteiger partial charge in [0.2, 0.25) is 4.77 Å². The lowest BCUT2D eigenvalue weighted by Gasteiger charge is -2.17. The number of para-hydroxylation sites is 1. The topological polar surface area (TPSA) is 73.3 Å².